The van der Waals surface area contributed by atoms with E-state index in [4.69, 9.17) is 0 Å². The molecule has 4 rings (SSSR count). The summed E-state index contributed by atoms with van der Waals surface area (Å²) in [6, 6.07) is 16.9. The highest BCUT2D eigenvalue weighted by Crippen LogP contribution is 2.29. The zero-order chi connectivity index (χ0) is 21.6. The van der Waals surface area contributed by atoms with Crippen molar-refractivity contribution in [2.24, 2.45) is 0 Å². The normalized spacial score (nSPS) is 18.8. The predicted octanol–water partition coefficient (Wildman–Crippen LogP) is 4.74. The monoisotopic (exact) mass is 417 g/mol. The van der Waals surface area contributed by atoms with E-state index in [1.807, 2.05) is 24.3 Å². The summed E-state index contributed by atoms with van der Waals surface area (Å²) in [7, 11) is 0. The fraction of sp³-hybridized carbons (Fsp3) is 0.320. The Labute approximate surface area is 182 Å². The first kappa shape index (κ1) is 20.8. The van der Waals surface area contributed by atoms with Gasteiger partial charge in [0.25, 0.3) is 5.91 Å². The zero-order valence-electron chi connectivity index (χ0n) is 17.5. The lowest BCUT2D eigenvalue weighted by atomic mass is 9.97. The van der Waals surface area contributed by atoms with Crippen molar-refractivity contribution >= 4 is 29.2 Å². The van der Waals surface area contributed by atoms with Crippen LogP contribution in [0.15, 0.2) is 72.3 Å². The first-order valence-corrected chi connectivity index (χ1v) is 10.9. The summed E-state index contributed by atoms with van der Waals surface area (Å²) in [5, 5.41) is 2.83. The van der Waals surface area contributed by atoms with Crippen LogP contribution in [0.25, 0.3) is 0 Å². The summed E-state index contributed by atoms with van der Waals surface area (Å²) in [6.45, 7) is 0.434. The molecule has 1 fully saturated rings. The smallest absolute Gasteiger partial charge is 0.326 e. The van der Waals surface area contributed by atoms with Gasteiger partial charge in [0.15, 0.2) is 0 Å². The first-order valence-electron chi connectivity index (χ1n) is 10.9. The summed E-state index contributed by atoms with van der Waals surface area (Å²) in [4.78, 5) is 41.9. The number of carbonyl (C=O) groups is 3. The van der Waals surface area contributed by atoms with E-state index in [1.54, 1.807) is 41.3 Å². The van der Waals surface area contributed by atoms with Crippen LogP contribution < -0.4 is 10.2 Å². The lowest BCUT2D eigenvalue weighted by Crippen LogP contribution is -2.38. The number of nitrogens with one attached hydrogen (secondary N) is 1. The van der Waals surface area contributed by atoms with Crippen LogP contribution >= 0.6 is 0 Å². The minimum atomic E-state index is -0.805. The zero-order valence-corrected chi connectivity index (χ0v) is 17.5. The van der Waals surface area contributed by atoms with Crippen LogP contribution in [0.3, 0.4) is 0 Å². The minimum Gasteiger partial charge on any atom is -0.326 e. The van der Waals surface area contributed by atoms with Crippen LogP contribution in [0.2, 0.25) is 0 Å². The van der Waals surface area contributed by atoms with Gasteiger partial charge in [0.05, 0.1) is 12.1 Å². The highest BCUT2D eigenvalue weighted by atomic mass is 16.2. The molecule has 0 spiro atoms. The molecular formula is C25H27N3O3. The highest BCUT2D eigenvalue weighted by Gasteiger charge is 2.46. The van der Waals surface area contributed by atoms with E-state index in [2.05, 4.69) is 11.4 Å². The average molecular weight is 418 g/mol. The van der Waals surface area contributed by atoms with Gasteiger partial charge in [-0.25, -0.2) is 9.69 Å². The Bertz CT molecular complexity index is 972. The fourth-order valence-electron chi connectivity index (χ4n) is 4.21. The molecule has 0 unspecified atom stereocenters. The van der Waals surface area contributed by atoms with Crippen LogP contribution in [-0.4, -0.2) is 35.3 Å². The first-order chi connectivity index (χ1) is 15.1. The van der Waals surface area contributed by atoms with Gasteiger partial charge in [0.2, 0.25) is 5.91 Å². The Balaban J connectivity index is 1.52. The van der Waals surface area contributed by atoms with Gasteiger partial charge in [-0.1, -0.05) is 48.0 Å². The van der Waals surface area contributed by atoms with Gasteiger partial charge >= 0.3 is 6.03 Å². The molecule has 6 heteroatoms. The molecule has 1 N–H and O–H groups in total. The molecule has 1 saturated heterocycles. The van der Waals surface area contributed by atoms with Crippen molar-refractivity contribution in [3.63, 3.8) is 0 Å². The maximum atomic E-state index is 13.2. The Kier molecular flexibility index (Phi) is 6.46. The Morgan fingerprint density at radius 2 is 1.68 bits per heavy atom. The van der Waals surface area contributed by atoms with Crippen molar-refractivity contribution in [2.75, 3.05) is 16.8 Å². The van der Waals surface area contributed by atoms with Crippen LogP contribution in [0.5, 0.6) is 0 Å². The number of hydrogen-bond donors (Lipinski definition) is 1. The van der Waals surface area contributed by atoms with Crippen LogP contribution in [0.4, 0.5) is 16.2 Å². The number of nitrogens with zero attached hydrogens (tertiary/aromatic N) is 2. The molecule has 1 aliphatic heterocycles. The van der Waals surface area contributed by atoms with Crippen molar-refractivity contribution in [3.05, 3.63) is 72.3 Å². The molecule has 2 aliphatic rings. The van der Waals surface area contributed by atoms with E-state index >= 15 is 0 Å². The Morgan fingerprint density at radius 3 is 2.35 bits per heavy atom. The van der Waals surface area contributed by atoms with Crippen molar-refractivity contribution in [3.8, 4) is 0 Å². The van der Waals surface area contributed by atoms with Gasteiger partial charge in [-0.05, 0) is 56.4 Å². The number of para-hydroxylation sites is 2. The van der Waals surface area contributed by atoms with E-state index in [0.29, 0.717) is 17.9 Å². The lowest BCUT2D eigenvalue weighted by Gasteiger charge is -2.23. The van der Waals surface area contributed by atoms with Gasteiger partial charge in [-0.3, -0.25) is 9.59 Å². The number of amides is 4. The average Bonchev–Trinajstić information content (AvgIpc) is 3.03. The molecule has 4 amide bonds. The topological polar surface area (TPSA) is 69.7 Å². The number of allylic oxidation sites excluding steroid dienone is 1. The summed E-state index contributed by atoms with van der Waals surface area (Å²) < 4.78 is 0. The minimum absolute atomic E-state index is 0.0676. The van der Waals surface area contributed by atoms with Crippen molar-refractivity contribution in [1.29, 1.82) is 0 Å². The summed E-state index contributed by atoms with van der Waals surface area (Å²) in [6.07, 6.45) is 7.39. The molecule has 1 aliphatic carbocycles. The molecule has 2 aromatic carbocycles. The summed E-state index contributed by atoms with van der Waals surface area (Å²) in [5.74, 6) is -0.633. The largest absolute Gasteiger partial charge is 0.332 e. The maximum absolute atomic E-state index is 13.2. The van der Waals surface area contributed by atoms with Crippen molar-refractivity contribution in [1.82, 2.24) is 4.90 Å². The van der Waals surface area contributed by atoms with Crippen LogP contribution in [0.1, 0.15) is 38.5 Å². The number of rotatable bonds is 7. The van der Waals surface area contributed by atoms with Crippen molar-refractivity contribution in [2.45, 2.75) is 44.6 Å². The molecule has 1 heterocycles. The second-order valence-corrected chi connectivity index (χ2v) is 7.98. The Hall–Kier alpha value is -3.41. The quantitative estimate of drug-likeness (QED) is 0.522. The second kappa shape index (κ2) is 9.60. The molecular weight excluding hydrogens is 390 g/mol. The van der Waals surface area contributed by atoms with E-state index in [-0.39, 0.29) is 24.3 Å². The molecule has 0 radical (unpaired) electrons. The fourth-order valence-corrected chi connectivity index (χ4v) is 4.21. The van der Waals surface area contributed by atoms with Gasteiger partial charge in [0, 0.05) is 12.2 Å². The molecule has 160 valence electrons. The number of anilines is 2. The molecule has 0 saturated carbocycles. The molecule has 0 aromatic heterocycles. The van der Waals surface area contributed by atoms with E-state index in [9.17, 15) is 14.4 Å². The van der Waals surface area contributed by atoms with Crippen LogP contribution in [0, 0.1) is 0 Å². The number of urea groups is 1. The molecule has 6 nitrogen and oxygen atoms in total. The van der Waals surface area contributed by atoms with Gasteiger partial charge in [-0.15, -0.1) is 0 Å². The summed E-state index contributed by atoms with van der Waals surface area (Å²) in [5.41, 5.74) is 2.53. The third-order valence-corrected chi connectivity index (χ3v) is 5.83. The number of carbonyl (C=O) groups excluding carboxylic acids is 3. The molecule has 1 atom stereocenters. The van der Waals surface area contributed by atoms with E-state index < -0.39 is 6.04 Å². The number of hydrogen-bond acceptors (Lipinski definition) is 3. The van der Waals surface area contributed by atoms with Gasteiger partial charge < -0.3 is 10.2 Å². The van der Waals surface area contributed by atoms with E-state index in [0.717, 1.165) is 25.7 Å². The van der Waals surface area contributed by atoms with Gasteiger partial charge in [0.1, 0.15) is 6.04 Å². The highest BCUT2D eigenvalue weighted by molar-refractivity contribution is 6.22. The standard InChI is InChI=1S/C25H27N3O3/c29-23(26-20-12-6-2-7-13-20)18-22-24(30)28(21-14-8-3-9-15-21)25(31)27(22)17-16-19-10-4-1-5-11-19/h2-3,6-10,12-15,22H,1,4-5,11,16-18H2,(H,26,29)/t22-/m1/s1. The number of benzene rings is 2. The van der Waals surface area contributed by atoms with Crippen LogP contribution in [-0.2, 0) is 9.59 Å². The predicted molar refractivity (Wildman–Crippen MR) is 121 cm³/mol. The molecule has 0 bridgehead atoms. The second-order valence-electron chi connectivity index (χ2n) is 7.98. The lowest BCUT2D eigenvalue weighted by molar-refractivity contribution is -0.124. The Morgan fingerprint density at radius 1 is 0.968 bits per heavy atom. The molecule has 2 aromatic rings. The maximum Gasteiger partial charge on any atom is 0.332 e. The third-order valence-electron chi connectivity index (χ3n) is 5.83. The van der Waals surface area contributed by atoms with E-state index in [1.165, 1.54) is 16.9 Å². The van der Waals surface area contributed by atoms with Crippen molar-refractivity contribution < 1.29 is 14.4 Å². The number of imide groups is 1. The van der Waals surface area contributed by atoms with Gasteiger partial charge in [-0.2, -0.15) is 0 Å². The third kappa shape index (κ3) is 4.85. The molecule has 31 heavy (non-hydrogen) atoms. The SMILES string of the molecule is O=C(C[C@@H]1C(=O)N(c2ccccc2)C(=O)N1CCC1=CCCCC1)Nc1ccccc1. The summed E-state index contributed by atoms with van der Waals surface area (Å²) >= 11 is 0.